The van der Waals surface area contributed by atoms with Crippen molar-refractivity contribution >= 4 is 0 Å². The molecule has 4 heteroatoms. The molecule has 0 aliphatic carbocycles. The first-order valence-corrected chi connectivity index (χ1v) is 4.24. The Kier molecular flexibility index (Phi) is 2.10. The summed E-state index contributed by atoms with van der Waals surface area (Å²) in [5, 5.41) is 0. The Bertz CT molecular complexity index is 490. The maximum absolute atomic E-state index is 11.3. The van der Waals surface area contributed by atoms with E-state index in [-0.39, 0.29) is 5.56 Å². The van der Waals surface area contributed by atoms with Crippen LogP contribution in [0.4, 0.5) is 0 Å². The zero-order valence-corrected chi connectivity index (χ0v) is 7.69. The van der Waals surface area contributed by atoms with Crippen molar-refractivity contribution in [1.29, 1.82) is 0 Å². The first-order valence-electron chi connectivity index (χ1n) is 4.24. The van der Waals surface area contributed by atoms with E-state index >= 15 is 0 Å². The highest BCUT2D eigenvalue weighted by Gasteiger charge is 2.00. The molecule has 2 aromatic heterocycles. The summed E-state index contributed by atoms with van der Waals surface area (Å²) in [4.78, 5) is 22.0. The van der Waals surface area contributed by atoms with Crippen LogP contribution in [0.1, 0.15) is 5.56 Å². The van der Waals surface area contributed by atoms with Gasteiger partial charge in [-0.1, -0.05) is 0 Å². The fourth-order valence-corrected chi connectivity index (χ4v) is 1.11. The molecule has 14 heavy (non-hydrogen) atoms. The van der Waals surface area contributed by atoms with Crippen LogP contribution in [0.25, 0.3) is 11.4 Å². The maximum atomic E-state index is 11.3. The fraction of sp³-hybridized carbons (Fsp3) is 0.100. The van der Waals surface area contributed by atoms with Crippen LogP contribution >= 0.6 is 0 Å². The minimum absolute atomic E-state index is 0.105. The molecule has 0 aliphatic heterocycles. The molecule has 0 amide bonds. The van der Waals surface area contributed by atoms with Gasteiger partial charge in [-0.25, -0.2) is 4.98 Å². The Balaban J connectivity index is 2.54. The molecule has 0 fully saturated rings. The average Bonchev–Trinajstić information content (AvgIpc) is 2.23. The Hall–Kier alpha value is -1.97. The molecule has 2 heterocycles. The summed E-state index contributed by atoms with van der Waals surface area (Å²) in [7, 11) is 0. The molecule has 0 saturated carbocycles. The highest BCUT2D eigenvalue weighted by atomic mass is 16.1. The van der Waals surface area contributed by atoms with Crippen molar-refractivity contribution in [1.82, 2.24) is 15.0 Å². The summed E-state index contributed by atoms with van der Waals surface area (Å²) < 4.78 is 0. The van der Waals surface area contributed by atoms with Crippen LogP contribution in [-0.2, 0) is 0 Å². The lowest BCUT2D eigenvalue weighted by atomic mass is 10.2. The van der Waals surface area contributed by atoms with Crippen molar-refractivity contribution < 1.29 is 0 Å². The third-order valence-corrected chi connectivity index (χ3v) is 1.93. The number of pyridine rings is 1. The van der Waals surface area contributed by atoms with E-state index in [4.69, 9.17) is 0 Å². The number of nitrogens with one attached hydrogen (secondary N) is 1. The van der Waals surface area contributed by atoms with Gasteiger partial charge in [-0.3, -0.25) is 9.78 Å². The summed E-state index contributed by atoms with van der Waals surface area (Å²) in [6.07, 6.45) is 4.89. The molecule has 1 N–H and O–H groups in total. The lowest BCUT2D eigenvalue weighted by Gasteiger charge is -1.99. The Morgan fingerprint density at radius 1 is 1.29 bits per heavy atom. The van der Waals surface area contributed by atoms with E-state index in [2.05, 4.69) is 15.0 Å². The predicted molar refractivity (Wildman–Crippen MR) is 52.8 cm³/mol. The van der Waals surface area contributed by atoms with Crippen LogP contribution in [-0.4, -0.2) is 15.0 Å². The zero-order valence-electron chi connectivity index (χ0n) is 7.69. The van der Waals surface area contributed by atoms with Crippen LogP contribution in [0.3, 0.4) is 0 Å². The molecule has 0 unspecified atom stereocenters. The summed E-state index contributed by atoms with van der Waals surface area (Å²) in [6.45, 7) is 1.72. The van der Waals surface area contributed by atoms with E-state index in [1.54, 1.807) is 37.6 Å². The third-order valence-electron chi connectivity index (χ3n) is 1.93. The van der Waals surface area contributed by atoms with E-state index in [9.17, 15) is 4.79 Å². The normalized spacial score (nSPS) is 10.1. The highest BCUT2D eigenvalue weighted by Crippen LogP contribution is 2.10. The predicted octanol–water partition coefficient (Wildman–Crippen LogP) is 1.14. The van der Waals surface area contributed by atoms with E-state index in [0.717, 1.165) is 5.56 Å². The number of hydrogen-bond acceptors (Lipinski definition) is 3. The molecule has 70 valence electrons. The number of nitrogens with zero attached hydrogens (tertiary/aromatic N) is 2. The van der Waals surface area contributed by atoms with Gasteiger partial charge >= 0.3 is 0 Å². The van der Waals surface area contributed by atoms with Crippen LogP contribution in [0.15, 0.2) is 35.5 Å². The van der Waals surface area contributed by atoms with Crippen molar-refractivity contribution in [2.75, 3.05) is 0 Å². The molecule has 4 nitrogen and oxygen atoms in total. The minimum atomic E-state index is -0.105. The molecule has 0 aromatic carbocycles. The molecule has 0 atom stereocenters. The standard InChI is InChI=1S/C10H9N3O/c1-7-6-12-9(13-10(7)14)8-2-4-11-5-3-8/h2-6H,1H3,(H,12,13,14). The van der Waals surface area contributed by atoms with Crippen molar-refractivity contribution in [3.8, 4) is 11.4 Å². The molecule has 0 saturated heterocycles. The van der Waals surface area contributed by atoms with Crippen molar-refractivity contribution in [3.05, 3.63) is 46.6 Å². The zero-order chi connectivity index (χ0) is 9.97. The van der Waals surface area contributed by atoms with Gasteiger partial charge in [-0.05, 0) is 19.1 Å². The van der Waals surface area contributed by atoms with Gasteiger partial charge in [-0.15, -0.1) is 0 Å². The number of aromatic nitrogens is 3. The fourth-order valence-electron chi connectivity index (χ4n) is 1.11. The van der Waals surface area contributed by atoms with E-state index in [0.29, 0.717) is 11.4 Å². The second-order valence-corrected chi connectivity index (χ2v) is 2.98. The molecule has 0 spiro atoms. The topological polar surface area (TPSA) is 58.6 Å². The molecule has 0 aliphatic rings. The summed E-state index contributed by atoms with van der Waals surface area (Å²) in [5.41, 5.74) is 1.37. The smallest absolute Gasteiger partial charge is 0.254 e. The summed E-state index contributed by atoms with van der Waals surface area (Å²) in [5.74, 6) is 0.572. The highest BCUT2D eigenvalue weighted by molar-refractivity contribution is 5.52. The maximum Gasteiger partial charge on any atom is 0.254 e. The molecule has 2 rings (SSSR count). The molecular formula is C10H9N3O. The average molecular weight is 187 g/mol. The van der Waals surface area contributed by atoms with Crippen molar-refractivity contribution in [3.63, 3.8) is 0 Å². The number of hydrogen-bond donors (Lipinski definition) is 1. The van der Waals surface area contributed by atoms with E-state index in [1.807, 2.05) is 0 Å². The largest absolute Gasteiger partial charge is 0.306 e. The second kappa shape index (κ2) is 3.41. The molecule has 2 aromatic rings. The van der Waals surface area contributed by atoms with E-state index in [1.165, 1.54) is 0 Å². The quantitative estimate of drug-likeness (QED) is 0.728. The first kappa shape index (κ1) is 8.62. The van der Waals surface area contributed by atoms with Gasteiger partial charge in [0.05, 0.1) is 0 Å². The SMILES string of the molecule is Cc1cnc(-c2ccncc2)[nH]c1=O. The Labute approximate surface area is 80.7 Å². The van der Waals surface area contributed by atoms with Crippen LogP contribution < -0.4 is 5.56 Å². The van der Waals surface area contributed by atoms with Gasteiger partial charge in [-0.2, -0.15) is 0 Å². The molecular weight excluding hydrogens is 178 g/mol. The number of aryl methyl sites for hydroxylation is 1. The van der Waals surface area contributed by atoms with Crippen LogP contribution in [0, 0.1) is 6.92 Å². The van der Waals surface area contributed by atoms with Gasteiger partial charge in [0.15, 0.2) is 0 Å². The van der Waals surface area contributed by atoms with Crippen LogP contribution in [0.2, 0.25) is 0 Å². The molecule has 0 bridgehead atoms. The lowest BCUT2D eigenvalue weighted by Crippen LogP contribution is -2.11. The number of aromatic amines is 1. The monoisotopic (exact) mass is 187 g/mol. The number of rotatable bonds is 1. The second-order valence-electron chi connectivity index (χ2n) is 2.98. The molecule has 0 radical (unpaired) electrons. The van der Waals surface area contributed by atoms with E-state index < -0.39 is 0 Å². The van der Waals surface area contributed by atoms with Crippen molar-refractivity contribution in [2.45, 2.75) is 6.92 Å². The number of H-pyrrole nitrogens is 1. The van der Waals surface area contributed by atoms with Gasteiger partial charge in [0, 0.05) is 29.7 Å². The Morgan fingerprint density at radius 2 is 2.00 bits per heavy atom. The first-order chi connectivity index (χ1) is 6.77. The van der Waals surface area contributed by atoms with Gasteiger partial charge in [0.2, 0.25) is 0 Å². The van der Waals surface area contributed by atoms with Gasteiger partial charge < -0.3 is 4.98 Å². The van der Waals surface area contributed by atoms with Crippen LogP contribution in [0.5, 0.6) is 0 Å². The van der Waals surface area contributed by atoms with Crippen molar-refractivity contribution in [2.24, 2.45) is 0 Å². The lowest BCUT2D eigenvalue weighted by molar-refractivity contribution is 1.08. The third kappa shape index (κ3) is 1.54. The Morgan fingerprint density at radius 3 is 2.64 bits per heavy atom. The minimum Gasteiger partial charge on any atom is -0.306 e. The van der Waals surface area contributed by atoms with Gasteiger partial charge in [0.1, 0.15) is 5.82 Å². The summed E-state index contributed by atoms with van der Waals surface area (Å²) in [6, 6.07) is 3.60. The van der Waals surface area contributed by atoms with Gasteiger partial charge in [0.25, 0.3) is 5.56 Å². The summed E-state index contributed by atoms with van der Waals surface area (Å²) >= 11 is 0.